The summed E-state index contributed by atoms with van der Waals surface area (Å²) < 4.78 is 25.7. The Kier molecular flexibility index (Phi) is 7.39. The van der Waals surface area contributed by atoms with Crippen molar-refractivity contribution in [2.45, 2.75) is 26.4 Å². The van der Waals surface area contributed by atoms with Crippen LogP contribution in [0.2, 0.25) is 0 Å². The molecule has 0 saturated heterocycles. The maximum Gasteiger partial charge on any atom is 0.244 e. The fraction of sp³-hybridized carbons (Fsp3) is 0.333. The largest absolute Gasteiger partial charge is 0.357 e. The maximum atomic E-state index is 13.1. The second-order valence-electron chi connectivity index (χ2n) is 6.90. The van der Waals surface area contributed by atoms with Gasteiger partial charge in [0.25, 0.3) is 0 Å². The first-order chi connectivity index (χ1) is 13.6. The number of amides is 2. The predicted molar refractivity (Wildman–Crippen MR) is 114 cm³/mol. The molecule has 156 valence electrons. The molecule has 0 saturated carbocycles. The Morgan fingerprint density at radius 3 is 2.14 bits per heavy atom. The van der Waals surface area contributed by atoms with Gasteiger partial charge >= 0.3 is 0 Å². The molecule has 0 spiro atoms. The second kappa shape index (κ2) is 9.56. The van der Waals surface area contributed by atoms with E-state index in [4.69, 9.17) is 0 Å². The molecule has 7 nitrogen and oxygen atoms in total. The lowest BCUT2D eigenvalue weighted by atomic mass is 10.1. The van der Waals surface area contributed by atoms with E-state index in [-0.39, 0.29) is 12.5 Å². The third kappa shape index (κ3) is 6.05. The van der Waals surface area contributed by atoms with E-state index in [1.54, 1.807) is 37.3 Å². The number of benzene rings is 2. The zero-order chi connectivity index (χ0) is 21.6. The Balaban J connectivity index is 2.34. The molecule has 0 aliphatic heterocycles. The molecule has 0 aliphatic carbocycles. The lowest BCUT2D eigenvalue weighted by Gasteiger charge is -2.31. The highest BCUT2D eigenvalue weighted by atomic mass is 32.2. The van der Waals surface area contributed by atoms with Crippen molar-refractivity contribution in [2.24, 2.45) is 0 Å². The molecule has 0 heterocycles. The molecule has 8 heteroatoms. The average Bonchev–Trinajstić information content (AvgIpc) is 2.70. The number of nitrogens with zero attached hydrogens (tertiary/aromatic N) is 2. The normalized spacial score (nSPS) is 12.1. The summed E-state index contributed by atoms with van der Waals surface area (Å²) in [5.74, 6) is -0.785. The predicted octanol–water partition coefficient (Wildman–Crippen LogP) is 1.92. The van der Waals surface area contributed by atoms with Crippen molar-refractivity contribution >= 4 is 27.5 Å². The number of anilines is 1. The molecular formula is C21H27N3O4S. The highest BCUT2D eigenvalue weighted by Gasteiger charge is 2.29. The van der Waals surface area contributed by atoms with Crippen molar-refractivity contribution in [3.63, 3.8) is 0 Å². The molecule has 0 fully saturated rings. The Morgan fingerprint density at radius 1 is 1.03 bits per heavy atom. The molecule has 0 radical (unpaired) electrons. The average molecular weight is 418 g/mol. The van der Waals surface area contributed by atoms with Crippen molar-refractivity contribution < 1.29 is 18.0 Å². The topological polar surface area (TPSA) is 86.8 Å². The number of likely N-dealkylation sites (N-methyl/N-ethyl adjacent to an activating group) is 1. The van der Waals surface area contributed by atoms with Crippen molar-refractivity contribution in [1.82, 2.24) is 10.2 Å². The van der Waals surface area contributed by atoms with E-state index in [0.29, 0.717) is 5.69 Å². The summed E-state index contributed by atoms with van der Waals surface area (Å²) in [7, 11) is -2.19. The summed E-state index contributed by atoms with van der Waals surface area (Å²) in [5.41, 5.74) is 2.33. The number of nitrogens with one attached hydrogen (secondary N) is 1. The minimum absolute atomic E-state index is 0.195. The quantitative estimate of drug-likeness (QED) is 0.711. The van der Waals surface area contributed by atoms with Gasteiger partial charge in [-0.15, -0.1) is 0 Å². The monoisotopic (exact) mass is 417 g/mol. The van der Waals surface area contributed by atoms with E-state index in [1.165, 1.54) is 11.9 Å². The number of sulfonamides is 1. The van der Waals surface area contributed by atoms with Gasteiger partial charge in [-0.1, -0.05) is 48.0 Å². The van der Waals surface area contributed by atoms with Crippen molar-refractivity contribution in [3.8, 4) is 0 Å². The molecule has 1 N–H and O–H groups in total. The molecule has 1 atom stereocenters. The van der Waals surface area contributed by atoms with Crippen LogP contribution in [0.5, 0.6) is 0 Å². The van der Waals surface area contributed by atoms with Gasteiger partial charge in [0, 0.05) is 13.6 Å². The van der Waals surface area contributed by atoms with Gasteiger partial charge in [0.05, 0.1) is 11.9 Å². The van der Waals surface area contributed by atoms with Crippen molar-refractivity contribution in [2.75, 3.05) is 24.2 Å². The van der Waals surface area contributed by atoms with Crippen LogP contribution in [0.1, 0.15) is 18.1 Å². The van der Waals surface area contributed by atoms with Crippen LogP contribution in [-0.4, -0.2) is 51.0 Å². The first-order valence-electron chi connectivity index (χ1n) is 9.23. The lowest BCUT2D eigenvalue weighted by Crippen LogP contribution is -2.50. The Bertz CT molecular complexity index is 944. The summed E-state index contributed by atoms with van der Waals surface area (Å²) in [6, 6.07) is 15.3. The van der Waals surface area contributed by atoms with Gasteiger partial charge in [0.15, 0.2) is 0 Å². The van der Waals surface area contributed by atoms with Gasteiger partial charge in [0.1, 0.15) is 12.6 Å². The molecule has 29 heavy (non-hydrogen) atoms. The van der Waals surface area contributed by atoms with Crippen LogP contribution in [0.4, 0.5) is 5.69 Å². The first-order valence-corrected chi connectivity index (χ1v) is 11.1. The number of rotatable bonds is 8. The summed E-state index contributed by atoms with van der Waals surface area (Å²) in [6.45, 7) is 3.39. The molecule has 0 bridgehead atoms. The van der Waals surface area contributed by atoms with Crippen molar-refractivity contribution in [3.05, 3.63) is 65.7 Å². The van der Waals surface area contributed by atoms with E-state index in [0.717, 1.165) is 21.7 Å². The number of hydrogen-bond acceptors (Lipinski definition) is 4. The maximum absolute atomic E-state index is 13.1. The van der Waals surface area contributed by atoms with Gasteiger partial charge < -0.3 is 10.2 Å². The smallest absolute Gasteiger partial charge is 0.244 e. The standard InChI is InChI=1S/C21H27N3O4S/c1-16-10-12-18(13-11-16)14-23(17(2)21(26)22-3)20(25)15-24(29(4,27)28)19-8-6-5-7-9-19/h5-13,17H,14-15H2,1-4H3,(H,22,26). The molecule has 2 rings (SSSR count). The van der Waals surface area contributed by atoms with Gasteiger partial charge in [-0.05, 0) is 31.5 Å². The van der Waals surface area contributed by atoms with Gasteiger partial charge in [-0.3, -0.25) is 13.9 Å². The van der Waals surface area contributed by atoms with E-state index in [2.05, 4.69) is 5.32 Å². The van der Waals surface area contributed by atoms with E-state index >= 15 is 0 Å². The first kappa shape index (κ1) is 22.4. The van der Waals surface area contributed by atoms with Crippen LogP contribution in [-0.2, 0) is 26.2 Å². The zero-order valence-corrected chi connectivity index (χ0v) is 17.9. The lowest BCUT2D eigenvalue weighted by molar-refractivity contribution is -0.139. The van der Waals surface area contributed by atoms with Crippen LogP contribution < -0.4 is 9.62 Å². The summed E-state index contributed by atoms with van der Waals surface area (Å²) in [6.07, 6.45) is 1.06. The van der Waals surface area contributed by atoms with E-state index < -0.39 is 28.5 Å². The number of carbonyl (C=O) groups excluding carboxylic acids is 2. The minimum Gasteiger partial charge on any atom is -0.357 e. The van der Waals surface area contributed by atoms with Crippen LogP contribution in [0.25, 0.3) is 0 Å². The van der Waals surface area contributed by atoms with Gasteiger partial charge in [-0.25, -0.2) is 8.42 Å². The summed E-state index contributed by atoms with van der Waals surface area (Å²) >= 11 is 0. The molecule has 2 aromatic carbocycles. The molecular weight excluding hydrogens is 390 g/mol. The fourth-order valence-corrected chi connectivity index (χ4v) is 3.74. The number of aryl methyl sites for hydroxylation is 1. The van der Waals surface area contributed by atoms with E-state index in [1.807, 2.05) is 31.2 Å². The van der Waals surface area contributed by atoms with Crippen LogP contribution in [0.3, 0.4) is 0 Å². The van der Waals surface area contributed by atoms with E-state index in [9.17, 15) is 18.0 Å². The number of hydrogen-bond donors (Lipinski definition) is 1. The van der Waals surface area contributed by atoms with Crippen molar-refractivity contribution in [1.29, 1.82) is 0 Å². The molecule has 1 unspecified atom stereocenters. The second-order valence-corrected chi connectivity index (χ2v) is 8.81. The van der Waals surface area contributed by atoms with Crippen LogP contribution in [0, 0.1) is 6.92 Å². The zero-order valence-electron chi connectivity index (χ0n) is 17.1. The Labute approximate surface area is 172 Å². The van der Waals surface area contributed by atoms with Crippen LogP contribution >= 0.6 is 0 Å². The molecule has 2 aromatic rings. The van der Waals surface area contributed by atoms with Gasteiger partial charge in [0.2, 0.25) is 21.8 Å². The molecule has 0 aromatic heterocycles. The highest BCUT2D eigenvalue weighted by Crippen LogP contribution is 2.18. The third-order valence-corrected chi connectivity index (χ3v) is 5.75. The summed E-state index contributed by atoms with van der Waals surface area (Å²) in [4.78, 5) is 26.8. The Morgan fingerprint density at radius 2 is 1.62 bits per heavy atom. The minimum atomic E-state index is -3.69. The third-order valence-electron chi connectivity index (χ3n) is 4.61. The summed E-state index contributed by atoms with van der Waals surface area (Å²) in [5, 5.41) is 2.55. The van der Waals surface area contributed by atoms with Crippen LogP contribution in [0.15, 0.2) is 54.6 Å². The molecule has 2 amide bonds. The Hall–Kier alpha value is -2.87. The molecule has 0 aliphatic rings. The SMILES string of the molecule is CNC(=O)C(C)N(Cc1ccc(C)cc1)C(=O)CN(c1ccccc1)S(C)(=O)=O. The highest BCUT2D eigenvalue weighted by molar-refractivity contribution is 7.92. The number of carbonyl (C=O) groups is 2. The fourth-order valence-electron chi connectivity index (χ4n) is 2.89. The van der Waals surface area contributed by atoms with Gasteiger partial charge in [-0.2, -0.15) is 0 Å². The number of para-hydroxylation sites is 1.